The minimum absolute atomic E-state index is 0.180. The predicted octanol–water partition coefficient (Wildman–Crippen LogP) is 0.675. The van der Waals surface area contributed by atoms with Crippen molar-refractivity contribution in [1.82, 2.24) is 9.97 Å². The summed E-state index contributed by atoms with van der Waals surface area (Å²) in [5.74, 6) is 0. The minimum atomic E-state index is 0.180. The van der Waals surface area contributed by atoms with E-state index >= 15 is 0 Å². The zero-order chi connectivity index (χ0) is 8.27. The van der Waals surface area contributed by atoms with E-state index in [4.69, 9.17) is 5.73 Å². The molecule has 1 atom stereocenters. The van der Waals surface area contributed by atoms with Gasteiger partial charge in [-0.2, -0.15) is 0 Å². The molecule has 0 amide bonds. The van der Waals surface area contributed by atoms with Gasteiger partial charge in [0.2, 0.25) is 0 Å². The molecule has 0 aliphatic heterocycles. The number of rotatable bonds is 2. The molecule has 0 bridgehead atoms. The number of aromatic nitrogens is 2. The summed E-state index contributed by atoms with van der Waals surface area (Å²) in [4.78, 5) is 8.00. The first kappa shape index (κ1) is 8.14. The average Bonchev–Trinajstić information content (AvgIpc) is 1.93. The van der Waals surface area contributed by atoms with Crippen molar-refractivity contribution in [3.8, 4) is 0 Å². The Morgan fingerprint density at radius 2 is 2.36 bits per heavy atom. The van der Waals surface area contributed by atoms with E-state index in [9.17, 15) is 0 Å². The quantitative estimate of drug-likeness (QED) is 0.676. The van der Waals surface area contributed by atoms with Gasteiger partial charge in [0.15, 0.2) is 0 Å². The largest absolute Gasteiger partial charge is 0.328 e. The molecule has 0 saturated heterocycles. The van der Waals surface area contributed by atoms with Crippen LogP contribution in [-0.2, 0) is 6.42 Å². The second-order valence-corrected chi connectivity index (χ2v) is 2.81. The molecule has 3 heteroatoms. The lowest BCUT2D eigenvalue weighted by atomic mass is 10.1. The van der Waals surface area contributed by atoms with Crippen molar-refractivity contribution in [2.24, 2.45) is 5.73 Å². The maximum absolute atomic E-state index is 5.64. The van der Waals surface area contributed by atoms with Gasteiger partial charge in [-0.3, -0.25) is 0 Å². The Bertz CT molecular complexity index is 233. The van der Waals surface area contributed by atoms with E-state index < -0.39 is 0 Å². The smallest absolute Gasteiger partial charge is 0.115 e. The predicted molar refractivity (Wildman–Crippen MR) is 44.1 cm³/mol. The fourth-order valence-electron chi connectivity index (χ4n) is 0.967. The van der Waals surface area contributed by atoms with Gasteiger partial charge < -0.3 is 5.73 Å². The van der Waals surface area contributed by atoms with Gasteiger partial charge in [-0.05, 0) is 25.8 Å². The van der Waals surface area contributed by atoms with Crippen molar-refractivity contribution in [3.05, 3.63) is 23.8 Å². The molecule has 0 fully saturated rings. The van der Waals surface area contributed by atoms with E-state index in [1.54, 1.807) is 6.33 Å². The molecule has 0 aromatic carbocycles. The van der Waals surface area contributed by atoms with E-state index in [2.05, 4.69) is 9.97 Å². The first-order valence-electron chi connectivity index (χ1n) is 3.71. The standard InChI is InChI=1S/C8H13N3/c1-6(9)3-8-4-10-5-11-7(8)2/h4-6H,3,9H2,1-2H3/t6-/m0/s1. The Kier molecular flexibility index (Phi) is 2.54. The van der Waals surface area contributed by atoms with E-state index in [0.717, 1.165) is 17.7 Å². The van der Waals surface area contributed by atoms with Crippen molar-refractivity contribution in [3.63, 3.8) is 0 Å². The summed E-state index contributed by atoms with van der Waals surface area (Å²) >= 11 is 0. The van der Waals surface area contributed by atoms with Gasteiger partial charge in [0.05, 0.1) is 0 Å². The fraction of sp³-hybridized carbons (Fsp3) is 0.500. The Balaban J connectivity index is 2.78. The van der Waals surface area contributed by atoms with Crippen LogP contribution in [0.5, 0.6) is 0 Å². The maximum Gasteiger partial charge on any atom is 0.115 e. The number of nitrogens with zero attached hydrogens (tertiary/aromatic N) is 2. The molecular formula is C8H13N3. The van der Waals surface area contributed by atoms with Crippen LogP contribution in [0.15, 0.2) is 12.5 Å². The molecule has 1 aromatic rings. The lowest BCUT2D eigenvalue weighted by molar-refractivity contribution is 0.727. The normalized spacial score (nSPS) is 13.0. The van der Waals surface area contributed by atoms with Crippen molar-refractivity contribution in [2.75, 3.05) is 0 Å². The fourth-order valence-corrected chi connectivity index (χ4v) is 0.967. The van der Waals surface area contributed by atoms with Gasteiger partial charge >= 0.3 is 0 Å². The zero-order valence-electron chi connectivity index (χ0n) is 6.91. The van der Waals surface area contributed by atoms with Crippen LogP contribution in [0, 0.1) is 6.92 Å². The van der Waals surface area contributed by atoms with Crippen LogP contribution < -0.4 is 5.73 Å². The van der Waals surface area contributed by atoms with Crippen LogP contribution in [0.2, 0.25) is 0 Å². The van der Waals surface area contributed by atoms with Gasteiger partial charge in [-0.1, -0.05) is 0 Å². The van der Waals surface area contributed by atoms with Gasteiger partial charge in [-0.25, -0.2) is 9.97 Å². The highest BCUT2D eigenvalue weighted by Crippen LogP contribution is 2.03. The van der Waals surface area contributed by atoms with Gasteiger partial charge in [0.25, 0.3) is 0 Å². The molecule has 60 valence electrons. The monoisotopic (exact) mass is 151 g/mol. The zero-order valence-corrected chi connectivity index (χ0v) is 6.91. The molecule has 0 saturated carbocycles. The lowest BCUT2D eigenvalue weighted by Gasteiger charge is -2.05. The second-order valence-electron chi connectivity index (χ2n) is 2.81. The molecular weight excluding hydrogens is 138 g/mol. The average molecular weight is 151 g/mol. The molecule has 1 rings (SSSR count). The van der Waals surface area contributed by atoms with Crippen LogP contribution in [0.4, 0.5) is 0 Å². The van der Waals surface area contributed by atoms with Crippen molar-refractivity contribution >= 4 is 0 Å². The molecule has 0 unspecified atom stereocenters. The van der Waals surface area contributed by atoms with Crippen LogP contribution in [0.25, 0.3) is 0 Å². The Hall–Kier alpha value is -0.960. The van der Waals surface area contributed by atoms with Gasteiger partial charge in [0.1, 0.15) is 6.33 Å². The number of hydrogen-bond acceptors (Lipinski definition) is 3. The summed E-state index contributed by atoms with van der Waals surface area (Å²) in [6, 6.07) is 0.180. The van der Waals surface area contributed by atoms with E-state index in [1.807, 2.05) is 20.0 Å². The topological polar surface area (TPSA) is 51.8 Å². The molecule has 0 radical (unpaired) electrons. The van der Waals surface area contributed by atoms with Crippen molar-refractivity contribution < 1.29 is 0 Å². The highest BCUT2D eigenvalue weighted by Gasteiger charge is 2.01. The number of hydrogen-bond donors (Lipinski definition) is 1. The summed E-state index contributed by atoms with van der Waals surface area (Å²) in [7, 11) is 0. The molecule has 1 aromatic heterocycles. The Morgan fingerprint density at radius 3 is 2.91 bits per heavy atom. The summed E-state index contributed by atoms with van der Waals surface area (Å²) < 4.78 is 0. The Labute approximate surface area is 66.7 Å². The van der Waals surface area contributed by atoms with E-state index in [-0.39, 0.29) is 6.04 Å². The molecule has 11 heavy (non-hydrogen) atoms. The van der Waals surface area contributed by atoms with Crippen LogP contribution in [0.1, 0.15) is 18.2 Å². The first-order chi connectivity index (χ1) is 5.20. The third-order valence-corrected chi connectivity index (χ3v) is 1.56. The summed E-state index contributed by atoms with van der Waals surface area (Å²) in [6.07, 6.45) is 4.23. The highest BCUT2D eigenvalue weighted by atomic mass is 14.8. The molecule has 2 N–H and O–H groups in total. The van der Waals surface area contributed by atoms with Gasteiger partial charge in [0, 0.05) is 17.9 Å². The summed E-state index contributed by atoms with van der Waals surface area (Å²) in [5, 5.41) is 0. The molecule has 0 aliphatic rings. The van der Waals surface area contributed by atoms with Gasteiger partial charge in [-0.15, -0.1) is 0 Å². The summed E-state index contributed by atoms with van der Waals surface area (Å²) in [6.45, 7) is 3.95. The maximum atomic E-state index is 5.64. The van der Waals surface area contributed by atoms with Crippen molar-refractivity contribution in [1.29, 1.82) is 0 Å². The first-order valence-corrected chi connectivity index (χ1v) is 3.71. The lowest BCUT2D eigenvalue weighted by Crippen LogP contribution is -2.18. The Morgan fingerprint density at radius 1 is 1.64 bits per heavy atom. The van der Waals surface area contributed by atoms with Crippen LogP contribution >= 0.6 is 0 Å². The SMILES string of the molecule is Cc1ncncc1C[C@H](C)N. The molecule has 3 nitrogen and oxygen atoms in total. The van der Waals surface area contributed by atoms with Crippen molar-refractivity contribution in [2.45, 2.75) is 26.3 Å². The molecule has 0 spiro atoms. The molecule has 1 heterocycles. The van der Waals surface area contributed by atoms with Crippen LogP contribution in [-0.4, -0.2) is 16.0 Å². The molecule has 0 aliphatic carbocycles. The minimum Gasteiger partial charge on any atom is -0.328 e. The van der Waals surface area contributed by atoms with Crippen LogP contribution in [0.3, 0.4) is 0 Å². The summed E-state index contributed by atoms with van der Waals surface area (Å²) in [5.41, 5.74) is 7.80. The third-order valence-electron chi connectivity index (χ3n) is 1.56. The van der Waals surface area contributed by atoms with E-state index in [1.165, 1.54) is 0 Å². The highest BCUT2D eigenvalue weighted by molar-refractivity contribution is 5.14. The third kappa shape index (κ3) is 2.27. The second kappa shape index (κ2) is 3.44. The number of nitrogens with two attached hydrogens (primary N) is 1. The number of aryl methyl sites for hydroxylation is 1. The van der Waals surface area contributed by atoms with E-state index in [0.29, 0.717) is 0 Å².